The zero-order valence-electron chi connectivity index (χ0n) is 11.0. The van der Waals surface area contributed by atoms with Crippen LogP contribution in [0.15, 0.2) is 22.7 Å². The third-order valence-electron chi connectivity index (χ3n) is 3.24. The van der Waals surface area contributed by atoms with Gasteiger partial charge in [-0.3, -0.25) is 14.9 Å². The van der Waals surface area contributed by atoms with E-state index in [0.717, 1.165) is 19.4 Å². The molecule has 1 saturated heterocycles. The van der Waals surface area contributed by atoms with Crippen molar-refractivity contribution >= 4 is 27.5 Å². The Morgan fingerprint density at radius 1 is 1.60 bits per heavy atom. The fraction of sp³-hybridized carbons (Fsp3) is 0.462. The monoisotopic (exact) mass is 342 g/mol. The van der Waals surface area contributed by atoms with Crippen molar-refractivity contribution in [2.75, 3.05) is 20.2 Å². The van der Waals surface area contributed by atoms with Gasteiger partial charge in [-0.1, -0.05) is 0 Å². The number of carbonyl (C=O) groups excluding carboxylic acids is 1. The lowest BCUT2D eigenvalue weighted by Crippen LogP contribution is -2.34. The molecular formula is C13H15BrN2O4. The van der Waals surface area contributed by atoms with Crippen LogP contribution >= 0.6 is 15.9 Å². The van der Waals surface area contributed by atoms with Crippen LogP contribution in [0.25, 0.3) is 0 Å². The molecule has 2 rings (SSSR count). The van der Waals surface area contributed by atoms with Crippen molar-refractivity contribution in [3.05, 3.63) is 38.3 Å². The van der Waals surface area contributed by atoms with Gasteiger partial charge in [-0.15, -0.1) is 0 Å². The molecule has 6 nitrogen and oxygen atoms in total. The molecule has 1 fully saturated rings. The van der Waals surface area contributed by atoms with E-state index in [1.165, 1.54) is 18.2 Å². The average molecular weight is 343 g/mol. The van der Waals surface area contributed by atoms with E-state index < -0.39 is 4.92 Å². The molecule has 1 aliphatic heterocycles. The van der Waals surface area contributed by atoms with Crippen LogP contribution in [-0.4, -0.2) is 42.0 Å². The highest BCUT2D eigenvalue weighted by Crippen LogP contribution is 2.24. The summed E-state index contributed by atoms with van der Waals surface area (Å²) >= 11 is 3.26. The number of rotatable bonds is 4. The highest BCUT2D eigenvalue weighted by molar-refractivity contribution is 9.10. The first-order valence-electron chi connectivity index (χ1n) is 6.30. The lowest BCUT2D eigenvalue weighted by Gasteiger charge is -2.21. The number of hydrogen-bond donors (Lipinski definition) is 0. The van der Waals surface area contributed by atoms with Crippen LogP contribution in [0, 0.1) is 10.1 Å². The second kappa shape index (κ2) is 6.32. The van der Waals surface area contributed by atoms with Crippen molar-refractivity contribution in [3.8, 4) is 0 Å². The zero-order chi connectivity index (χ0) is 14.7. The van der Waals surface area contributed by atoms with Crippen LogP contribution in [0.3, 0.4) is 0 Å². The minimum Gasteiger partial charge on any atom is -0.376 e. The lowest BCUT2D eigenvalue weighted by molar-refractivity contribution is -0.384. The third-order valence-corrected chi connectivity index (χ3v) is 3.93. The molecule has 1 aromatic carbocycles. The maximum Gasteiger partial charge on any atom is 0.270 e. The van der Waals surface area contributed by atoms with E-state index in [1.807, 2.05) is 0 Å². The van der Waals surface area contributed by atoms with Crippen molar-refractivity contribution in [1.29, 1.82) is 0 Å². The van der Waals surface area contributed by atoms with E-state index in [2.05, 4.69) is 15.9 Å². The number of likely N-dealkylation sites (N-methyl/N-ethyl adjacent to an activating group) is 1. The number of benzene rings is 1. The highest BCUT2D eigenvalue weighted by Gasteiger charge is 2.23. The minimum absolute atomic E-state index is 0.0569. The Kier molecular flexibility index (Phi) is 4.72. The Labute approximate surface area is 125 Å². The Bertz CT molecular complexity index is 529. The molecule has 0 aromatic heterocycles. The van der Waals surface area contributed by atoms with Crippen LogP contribution in [0.1, 0.15) is 23.2 Å². The third kappa shape index (κ3) is 3.34. The van der Waals surface area contributed by atoms with Gasteiger partial charge in [-0.25, -0.2) is 0 Å². The fourth-order valence-corrected chi connectivity index (χ4v) is 2.59. The SMILES string of the molecule is CN(CC1CCCO1)C(=O)c1cc([N+](=O)[O-])ccc1Br. The second-order valence-corrected chi connectivity index (χ2v) is 5.60. The summed E-state index contributed by atoms with van der Waals surface area (Å²) in [6, 6.07) is 4.17. The van der Waals surface area contributed by atoms with Gasteiger partial charge in [0.05, 0.1) is 16.6 Å². The number of amides is 1. The molecule has 0 aliphatic carbocycles. The minimum atomic E-state index is -0.511. The Balaban J connectivity index is 2.14. The predicted molar refractivity (Wildman–Crippen MR) is 76.7 cm³/mol. The van der Waals surface area contributed by atoms with E-state index in [4.69, 9.17) is 4.74 Å². The zero-order valence-corrected chi connectivity index (χ0v) is 12.6. The van der Waals surface area contributed by atoms with Crippen LogP contribution in [0.5, 0.6) is 0 Å². The Hall–Kier alpha value is -1.47. The van der Waals surface area contributed by atoms with Gasteiger partial charge in [0, 0.05) is 36.8 Å². The van der Waals surface area contributed by atoms with Gasteiger partial charge < -0.3 is 9.64 Å². The smallest absolute Gasteiger partial charge is 0.270 e. The highest BCUT2D eigenvalue weighted by atomic mass is 79.9. The molecule has 1 amide bonds. The van der Waals surface area contributed by atoms with Gasteiger partial charge in [-0.05, 0) is 34.8 Å². The number of halogens is 1. The van der Waals surface area contributed by atoms with Crippen LogP contribution in [0.4, 0.5) is 5.69 Å². The molecule has 1 heterocycles. The summed E-state index contributed by atoms with van der Waals surface area (Å²) in [7, 11) is 1.68. The number of nitro groups is 1. The average Bonchev–Trinajstić information content (AvgIpc) is 2.91. The van der Waals surface area contributed by atoms with E-state index in [0.29, 0.717) is 16.6 Å². The number of hydrogen-bond acceptors (Lipinski definition) is 4. The van der Waals surface area contributed by atoms with E-state index in [1.54, 1.807) is 11.9 Å². The molecule has 1 atom stereocenters. The summed E-state index contributed by atoms with van der Waals surface area (Å²) in [5.41, 5.74) is 0.196. The summed E-state index contributed by atoms with van der Waals surface area (Å²) in [6.07, 6.45) is 2.00. The molecule has 0 radical (unpaired) electrons. The molecule has 7 heteroatoms. The number of nitrogens with zero attached hydrogens (tertiary/aromatic N) is 2. The van der Waals surface area contributed by atoms with Gasteiger partial charge in [-0.2, -0.15) is 0 Å². The second-order valence-electron chi connectivity index (χ2n) is 4.74. The first-order valence-corrected chi connectivity index (χ1v) is 7.09. The summed E-state index contributed by atoms with van der Waals surface area (Å²) in [5.74, 6) is -0.254. The molecule has 0 bridgehead atoms. The van der Waals surface area contributed by atoms with Crippen LogP contribution in [-0.2, 0) is 4.74 Å². The van der Waals surface area contributed by atoms with Gasteiger partial charge >= 0.3 is 0 Å². The van der Waals surface area contributed by atoms with Crippen molar-refractivity contribution in [1.82, 2.24) is 4.90 Å². The molecule has 20 heavy (non-hydrogen) atoms. The molecule has 0 saturated carbocycles. The summed E-state index contributed by atoms with van der Waals surface area (Å²) < 4.78 is 6.04. The van der Waals surface area contributed by atoms with E-state index in [9.17, 15) is 14.9 Å². The molecular weight excluding hydrogens is 328 g/mol. The molecule has 0 N–H and O–H groups in total. The standard InChI is InChI=1S/C13H15BrN2O4/c1-15(8-10-3-2-6-20-10)13(17)11-7-9(16(18)19)4-5-12(11)14/h4-5,7,10H,2-3,6,8H2,1H3. The van der Waals surface area contributed by atoms with E-state index >= 15 is 0 Å². The summed E-state index contributed by atoms with van der Waals surface area (Å²) in [6.45, 7) is 1.22. The fourth-order valence-electron chi connectivity index (χ4n) is 2.17. The molecule has 1 aromatic rings. The number of ether oxygens (including phenoxy) is 1. The van der Waals surface area contributed by atoms with Crippen LogP contribution < -0.4 is 0 Å². The van der Waals surface area contributed by atoms with Gasteiger partial charge in [0.1, 0.15) is 0 Å². The first kappa shape index (κ1) is 14.9. The maximum absolute atomic E-state index is 12.3. The van der Waals surface area contributed by atoms with Crippen LogP contribution in [0.2, 0.25) is 0 Å². The van der Waals surface area contributed by atoms with Crippen molar-refractivity contribution in [2.24, 2.45) is 0 Å². The largest absolute Gasteiger partial charge is 0.376 e. The maximum atomic E-state index is 12.3. The normalized spacial score (nSPS) is 18.0. The van der Waals surface area contributed by atoms with Crippen molar-refractivity contribution < 1.29 is 14.5 Å². The van der Waals surface area contributed by atoms with Gasteiger partial charge in [0.15, 0.2) is 0 Å². The number of nitro benzene ring substituents is 1. The first-order chi connectivity index (χ1) is 9.49. The Morgan fingerprint density at radius 2 is 2.35 bits per heavy atom. The van der Waals surface area contributed by atoms with Crippen molar-refractivity contribution in [2.45, 2.75) is 18.9 Å². The Morgan fingerprint density at radius 3 is 2.95 bits per heavy atom. The molecule has 1 aliphatic rings. The number of carbonyl (C=O) groups is 1. The quantitative estimate of drug-likeness (QED) is 0.622. The predicted octanol–water partition coefficient (Wildman–Crippen LogP) is 2.61. The van der Waals surface area contributed by atoms with Crippen molar-refractivity contribution in [3.63, 3.8) is 0 Å². The van der Waals surface area contributed by atoms with Gasteiger partial charge in [0.2, 0.25) is 0 Å². The topological polar surface area (TPSA) is 72.7 Å². The summed E-state index contributed by atoms with van der Waals surface area (Å²) in [5, 5.41) is 10.8. The van der Waals surface area contributed by atoms with Gasteiger partial charge in [0.25, 0.3) is 11.6 Å². The van der Waals surface area contributed by atoms with E-state index in [-0.39, 0.29) is 17.7 Å². The number of non-ortho nitro benzene ring substituents is 1. The summed E-state index contributed by atoms with van der Waals surface area (Å²) in [4.78, 5) is 24.2. The molecule has 108 valence electrons. The molecule has 0 spiro atoms. The lowest BCUT2D eigenvalue weighted by atomic mass is 10.1. The molecule has 1 unspecified atom stereocenters.